The van der Waals surface area contributed by atoms with E-state index in [2.05, 4.69) is 45.9 Å². The number of halogens is 2. The van der Waals surface area contributed by atoms with Crippen molar-refractivity contribution in [2.75, 3.05) is 61.5 Å². The zero-order valence-corrected chi connectivity index (χ0v) is 41.3. The standard InChI is InChI=1S/C49H47F2N13O15/c50-30-7-8-31(62(20-38(66)67)21-39(68)69)44(42(30)51)76-13-12-75-34-14-28-15-35(78-33(28)16-32(34)63(22-40(70)71)23-41(72)73)47-55-18-36(79-47)46(74)53-10-1-11-64-19-29(60-61-64)6-9-37(65)54-17-26-2-4-27(5-3-26)24-77-48-43-45(57-25-56-43)58-49(52)59-48/h2-5,7-8,14-16,18-19,25H,1,6,9-13,17,20-24H2,(H,53,74)(H,54,65)(H,66,67)(H,68,69)(H,70,71)(H,72,73)(H3,52,56,57,58,59). The Morgan fingerprint density at radius 1 is 0.785 bits per heavy atom. The van der Waals surface area contributed by atoms with E-state index in [1.54, 1.807) is 10.9 Å². The Hall–Kier alpha value is -10.4. The van der Waals surface area contributed by atoms with E-state index in [0.29, 0.717) is 54.2 Å². The molecule has 0 radical (unpaired) electrons. The molecule has 8 aromatic rings. The first-order valence-corrected chi connectivity index (χ1v) is 23.7. The summed E-state index contributed by atoms with van der Waals surface area (Å²) in [6.07, 6.45) is 5.31. The number of amides is 2. The molecule has 0 aliphatic heterocycles. The number of aryl methyl sites for hydroxylation is 2. The van der Waals surface area contributed by atoms with Crippen molar-refractivity contribution >= 4 is 75.1 Å². The van der Waals surface area contributed by atoms with E-state index < -0.39 is 92.2 Å². The van der Waals surface area contributed by atoms with Crippen LogP contribution in [0.5, 0.6) is 17.4 Å². The molecule has 0 saturated heterocycles. The molecule has 0 atom stereocenters. The zero-order chi connectivity index (χ0) is 56.2. The van der Waals surface area contributed by atoms with Gasteiger partial charge in [0.25, 0.3) is 11.8 Å². The third kappa shape index (κ3) is 14.5. The maximum Gasteiger partial charge on any atom is 0.323 e. The number of fused-ring (bicyclic) bond motifs is 2. The van der Waals surface area contributed by atoms with Gasteiger partial charge in [-0.2, -0.15) is 14.4 Å². The number of imidazole rings is 1. The number of nitrogens with one attached hydrogen (secondary N) is 3. The highest BCUT2D eigenvalue weighted by molar-refractivity contribution is 5.92. The van der Waals surface area contributed by atoms with Crippen LogP contribution in [0.4, 0.5) is 26.1 Å². The summed E-state index contributed by atoms with van der Waals surface area (Å²) in [6.45, 7) is -3.41. The number of rotatable bonds is 29. The molecule has 5 aromatic heterocycles. The quantitative estimate of drug-likeness (QED) is 0.0312. The number of hydrogen-bond donors (Lipinski definition) is 8. The molecule has 0 aliphatic rings. The van der Waals surface area contributed by atoms with E-state index in [4.69, 9.17) is 28.8 Å². The average Bonchev–Trinajstić information content (AvgIpc) is 4.32. The average molecular weight is 1100 g/mol. The lowest BCUT2D eigenvalue weighted by atomic mass is 10.1. The summed E-state index contributed by atoms with van der Waals surface area (Å²) in [6, 6.07) is 13.2. The molecule has 0 fully saturated rings. The van der Waals surface area contributed by atoms with Crippen LogP contribution in [-0.4, -0.2) is 142 Å². The first kappa shape index (κ1) is 54.8. The highest BCUT2D eigenvalue weighted by Crippen LogP contribution is 2.38. The third-order valence-electron chi connectivity index (χ3n) is 11.3. The fourth-order valence-electron chi connectivity index (χ4n) is 7.78. The molecule has 28 nitrogen and oxygen atoms in total. The van der Waals surface area contributed by atoms with Crippen molar-refractivity contribution in [3.63, 3.8) is 0 Å². The second-order valence-electron chi connectivity index (χ2n) is 17.1. The Morgan fingerprint density at radius 2 is 1.48 bits per heavy atom. The monoisotopic (exact) mass is 1100 g/mol. The number of benzene rings is 3. The normalized spacial score (nSPS) is 11.1. The van der Waals surface area contributed by atoms with Crippen LogP contribution >= 0.6 is 0 Å². The molecule has 3 aromatic carbocycles. The number of anilines is 3. The minimum absolute atomic E-state index is 0.00135. The number of hydrogen-bond acceptors (Lipinski definition) is 20. The number of oxazole rings is 1. The number of furan rings is 1. The van der Waals surface area contributed by atoms with E-state index in [1.807, 2.05) is 24.3 Å². The van der Waals surface area contributed by atoms with Crippen molar-refractivity contribution in [3.05, 3.63) is 108 Å². The number of aromatic nitrogens is 8. The summed E-state index contributed by atoms with van der Waals surface area (Å²) in [5, 5.41) is 52.1. The number of aliphatic carboxylic acids is 4. The number of carbonyl (C=O) groups excluding carboxylic acids is 2. The SMILES string of the molecule is Nc1nc(OCc2ccc(CNC(=O)CCc3cn(CCCNC(=O)c4cnc(-c5cc6cc(OCCOc7c(N(CC(=O)O)CC(=O)O)ccc(F)c7F)c(N(CC(=O)O)CC(=O)O)cc6o5)o4)nn3)cc2)c2[nH]cnc2n1. The molecule has 8 rings (SSSR count). The van der Waals surface area contributed by atoms with Crippen LogP contribution in [0, 0.1) is 11.6 Å². The molecule has 30 heteroatoms. The molecule has 79 heavy (non-hydrogen) atoms. The Morgan fingerprint density at radius 3 is 2.20 bits per heavy atom. The lowest BCUT2D eigenvalue weighted by molar-refractivity contribution is -0.138. The van der Waals surface area contributed by atoms with Crippen molar-refractivity contribution in [1.82, 2.24) is 50.5 Å². The summed E-state index contributed by atoms with van der Waals surface area (Å²) in [5.74, 6) is -10.4. The predicted octanol–water partition coefficient (Wildman–Crippen LogP) is 3.26. The van der Waals surface area contributed by atoms with Gasteiger partial charge >= 0.3 is 23.9 Å². The number of aromatic amines is 1. The van der Waals surface area contributed by atoms with E-state index >= 15 is 4.39 Å². The molecule has 0 saturated carbocycles. The molecule has 0 bridgehead atoms. The van der Waals surface area contributed by atoms with Crippen molar-refractivity contribution in [2.24, 2.45) is 0 Å². The van der Waals surface area contributed by atoms with Crippen LogP contribution in [0.3, 0.4) is 0 Å². The van der Waals surface area contributed by atoms with Gasteiger partial charge in [-0.3, -0.25) is 33.4 Å². The van der Waals surface area contributed by atoms with Gasteiger partial charge in [0.05, 0.1) is 29.6 Å². The fraction of sp³-hybridized carbons (Fsp3) is 0.265. The van der Waals surface area contributed by atoms with Crippen molar-refractivity contribution < 1.29 is 81.0 Å². The number of carboxylic acid groups (broad SMARTS) is 4. The summed E-state index contributed by atoms with van der Waals surface area (Å²) in [5.41, 5.74) is 8.64. The second-order valence-corrected chi connectivity index (χ2v) is 17.1. The molecule has 412 valence electrons. The van der Waals surface area contributed by atoms with E-state index in [1.165, 1.54) is 30.7 Å². The number of ether oxygens (including phenoxy) is 3. The molecule has 9 N–H and O–H groups in total. The van der Waals surface area contributed by atoms with Gasteiger partial charge in [0, 0.05) is 50.1 Å². The van der Waals surface area contributed by atoms with Gasteiger partial charge in [-0.1, -0.05) is 29.5 Å². The number of carbonyl (C=O) groups is 6. The van der Waals surface area contributed by atoms with Crippen LogP contribution in [0.2, 0.25) is 0 Å². The van der Waals surface area contributed by atoms with Gasteiger partial charge in [-0.05, 0) is 41.8 Å². The first-order valence-electron chi connectivity index (χ1n) is 23.7. The van der Waals surface area contributed by atoms with Gasteiger partial charge < -0.3 is 74.6 Å². The summed E-state index contributed by atoms with van der Waals surface area (Å²) >= 11 is 0. The van der Waals surface area contributed by atoms with E-state index in [9.17, 15) is 53.6 Å². The topological polar surface area (TPSA) is 392 Å². The largest absolute Gasteiger partial charge is 0.488 e. The smallest absolute Gasteiger partial charge is 0.323 e. The van der Waals surface area contributed by atoms with Crippen LogP contribution in [0.15, 0.2) is 82.2 Å². The predicted molar refractivity (Wildman–Crippen MR) is 268 cm³/mol. The van der Waals surface area contributed by atoms with Gasteiger partial charge in [-0.15, -0.1) is 5.10 Å². The van der Waals surface area contributed by atoms with Crippen molar-refractivity contribution in [3.8, 4) is 29.0 Å². The minimum atomic E-state index is -1.55. The van der Waals surface area contributed by atoms with Crippen LogP contribution in [0.25, 0.3) is 33.8 Å². The maximum absolute atomic E-state index is 15.0. The Kier molecular flexibility index (Phi) is 17.3. The maximum atomic E-state index is 15.0. The number of nitrogens with two attached hydrogens (primary N) is 1. The van der Waals surface area contributed by atoms with Gasteiger partial charge in [0.2, 0.25) is 29.3 Å². The summed E-state index contributed by atoms with van der Waals surface area (Å²) < 4.78 is 59.8. The van der Waals surface area contributed by atoms with Crippen LogP contribution in [0.1, 0.15) is 40.2 Å². The van der Waals surface area contributed by atoms with E-state index in [-0.39, 0.29) is 71.7 Å². The zero-order valence-electron chi connectivity index (χ0n) is 41.3. The highest BCUT2D eigenvalue weighted by Gasteiger charge is 2.26. The first-order chi connectivity index (χ1) is 38.0. The van der Waals surface area contributed by atoms with Gasteiger partial charge in [0.1, 0.15) is 62.8 Å². The number of carboxylic acids is 4. The summed E-state index contributed by atoms with van der Waals surface area (Å²) in [4.78, 5) is 93.3. The lowest BCUT2D eigenvalue weighted by Gasteiger charge is -2.25. The number of nitrogens with zero attached hydrogens (tertiary/aromatic N) is 9. The molecular formula is C49H47F2N13O15. The van der Waals surface area contributed by atoms with Crippen LogP contribution in [-0.2, 0) is 50.1 Å². The van der Waals surface area contributed by atoms with Crippen molar-refractivity contribution in [1.29, 1.82) is 0 Å². The fourth-order valence-corrected chi connectivity index (χ4v) is 7.78. The molecule has 5 heterocycles. The Balaban J connectivity index is 0.816. The summed E-state index contributed by atoms with van der Waals surface area (Å²) in [7, 11) is 0. The molecular weight excluding hydrogens is 1050 g/mol. The molecule has 0 spiro atoms. The number of nitrogen functional groups attached to an aromatic ring is 1. The minimum Gasteiger partial charge on any atom is -0.488 e. The van der Waals surface area contributed by atoms with Gasteiger partial charge in [-0.25, -0.2) is 14.4 Å². The van der Waals surface area contributed by atoms with Gasteiger partial charge in [0.15, 0.2) is 23.0 Å². The van der Waals surface area contributed by atoms with E-state index in [0.717, 1.165) is 27.0 Å². The lowest BCUT2D eigenvalue weighted by Crippen LogP contribution is -2.35. The molecule has 0 aliphatic carbocycles. The van der Waals surface area contributed by atoms with Crippen LogP contribution < -0.4 is 40.4 Å². The van der Waals surface area contributed by atoms with Crippen molar-refractivity contribution in [2.45, 2.75) is 39.0 Å². The molecule has 0 unspecified atom stereocenters. The second kappa shape index (κ2) is 24.9. The Labute approximate surface area is 442 Å². The highest BCUT2D eigenvalue weighted by atomic mass is 19.2. The Bertz CT molecular complexity index is 3500. The number of H-pyrrole nitrogens is 1. The third-order valence-corrected chi connectivity index (χ3v) is 11.3. The molecule has 2 amide bonds.